The second-order valence-corrected chi connectivity index (χ2v) is 6.04. The Morgan fingerprint density at radius 3 is 2.48 bits per heavy atom. The predicted octanol–water partition coefficient (Wildman–Crippen LogP) is 2.50. The lowest BCUT2D eigenvalue weighted by atomic mass is 10.2. The molecule has 120 valence electrons. The predicted molar refractivity (Wildman–Crippen MR) is 87.2 cm³/mol. The van der Waals surface area contributed by atoms with E-state index < -0.39 is 0 Å². The molecule has 4 nitrogen and oxygen atoms in total. The molecule has 0 bridgehead atoms. The van der Waals surface area contributed by atoms with Gasteiger partial charge < -0.3 is 15.1 Å². The van der Waals surface area contributed by atoms with E-state index in [9.17, 15) is 4.39 Å². The van der Waals surface area contributed by atoms with Crippen molar-refractivity contribution in [1.29, 1.82) is 0 Å². The number of hydrogen-bond donors (Lipinski definition) is 1. The van der Waals surface area contributed by atoms with Gasteiger partial charge in [0.1, 0.15) is 0 Å². The number of nitrogens with zero attached hydrogens (tertiary/aromatic N) is 3. The van der Waals surface area contributed by atoms with Crippen molar-refractivity contribution in [3.05, 3.63) is 23.6 Å². The maximum atomic E-state index is 14.7. The van der Waals surface area contributed by atoms with Crippen molar-refractivity contribution in [3.63, 3.8) is 0 Å². The third kappa shape index (κ3) is 5.25. The van der Waals surface area contributed by atoms with E-state index in [1.54, 1.807) is 12.3 Å². The summed E-state index contributed by atoms with van der Waals surface area (Å²) in [5.41, 5.74) is 0.671. The van der Waals surface area contributed by atoms with E-state index in [1.807, 2.05) is 25.9 Å². The van der Waals surface area contributed by atoms with Crippen LogP contribution < -0.4 is 10.2 Å². The summed E-state index contributed by atoms with van der Waals surface area (Å²) in [5, 5.41) is 3.25. The number of aromatic nitrogens is 1. The molecule has 1 aromatic rings. The fraction of sp³-hybridized carbons (Fsp3) is 0.688. The second-order valence-electron chi connectivity index (χ2n) is 6.04. The molecule has 0 saturated heterocycles. The second kappa shape index (κ2) is 8.29. The van der Waals surface area contributed by atoms with Gasteiger partial charge in [0.05, 0.1) is 0 Å². The van der Waals surface area contributed by atoms with Gasteiger partial charge in [-0.05, 0) is 34.0 Å². The van der Waals surface area contributed by atoms with Crippen LogP contribution in [0.15, 0.2) is 12.3 Å². The van der Waals surface area contributed by atoms with Gasteiger partial charge in [-0.3, -0.25) is 0 Å². The van der Waals surface area contributed by atoms with Gasteiger partial charge in [0.25, 0.3) is 0 Å². The summed E-state index contributed by atoms with van der Waals surface area (Å²) in [5.74, 6) is 0.244. The molecule has 5 heteroatoms. The largest absolute Gasteiger partial charge is 0.350 e. The zero-order valence-electron chi connectivity index (χ0n) is 14.2. The van der Waals surface area contributed by atoms with Crippen molar-refractivity contribution < 1.29 is 4.39 Å². The Labute approximate surface area is 128 Å². The zero-order chi connectivity index (χ0) is 16.0. The van der Waals surface area contributed by atoms with E-state index in [0.717, 1.165) is 13.1 Å². The molecule has 0 saturated carbocycles. The Balaban J connectivity index is 2.96. The monoisotopic (exact) mass is 296 g/mol. The fourth-order valence-electron chi connectivity index (χ4n) is 2.42. The Kier molecular flexibility index (Phi) is 7.05. The van der Waals surface area contributed by atoms with Crippen LogP contribution in [0.1, 0.15) is 33.3 Å². The Morgan fingerprint density at radius 2 is 1.95 bits per heavy atom. The van der Waals surface area contributed by atoms with Gasteiger partial charge in [0.2, 0.25) is 0 Å². The number of halogens is 1. The topological polar surface area (TPSA) is 31.4 Å². The van der Waals surface area contributed by atoms with Crippen molar-refractivity contribution in [3.8, 4) is 0 Å². The van der Waals surface area contributed by atoms with Crippen molar-refractivity contribution in [2.45, 2.75) is 46.3 Å². The van der Waals surface area contributed by atoms with Crippen LogP contribution in [0.5, 0.6) is 0 Å². The minimum Gasteiger partial charge on any atom is -0.350 e. The molecule has 1 N–H and O–H groups in total. The zero-order valence-corrected chi connectivity index (χ0v) is 14.2. The van der Waals surface area contributed by atoms with Crippen LogP contribution in [0.2, 0.25) is 0 Å². The number of anilines is 1. The number of nitrogens with one attached hydrogen (secondary N) is 1. The Bertz CT molecular complexity index is 434. The summed E-state index contributed by atoms with van der Waals surface area (Å²) in [6.07, 6.45) is 1.70. The van der Waals surface area contributed by atoms with Crippen molar-refractivity contribution in [1.82, 2.24) is 15.2 Å². The SMILES string of the molecule is CCN(c1nccc(CNC(C)C)c1F)C(C)CN(C)C. The van der Waals surface area contributed by atoms with E-state index in [1.165, 1.54) is 0 Å². The molecule has 0 aromatic carbocycles. The molecular formula is C16H29FN4. The molecule has 1 rings (SSSR count). The van der Waals surface area contributed by atoms with Gasteiger partial charge in [0.15, 0.2) is 11.6 Å². The van der Waals surface area contributed by atoms with Gasteiger partial charge >= 0.3 is 0 Å². The van der Waals surface area contributed by atoms with Gasteiger partial charge in [-0.1, -0.05) is 13.8 Å². The summed E-state index contributed by atoms with van der Waals surface area (Å²) < 4.78 is 14.7. The molecule has 0 spiro atoms. The van der Waals surface area contributed by atoms with E-state index in [-0.39, 0.29) is 11.9 Å². The first kappa shape index (κ1) is 17.9. The molecule has 0 radical (unpaired) electrons. The normalized spacial score (nSPS) is 13.0. The third-order valence-electron chi connectivity index (χ3n) is 3.43. The minimum atomic E-state index is -0.210. The molecule has 0 fully saturated rings. The van der Waals surface area contributed by atoms with E-state index in [0.29, 0.717) is 24.0 Å². The van der Waals surface area contributed by atoms with E-state index in [4.69, 9.17) is 0 Å². The first-order chi connectivity index (χ1) is 9.86. The van der Waals surface area contributed by atoms with Gasteiger partial charge in [-0.25, -0.2) is 9.37 Å². The smallest absolute Gasteiger partial charge is 0.170 e. The number of rotatable bonds is 8. The summed E-state index contributed by atoms with van der Waals surface area (Å²) >= 11 is 0. The highest BCUT2D eigenvalue weighted by atomic mass is 19.1. The molecule has 0 aliphatic carbocycles. The van der Waals surface area contributed by atoms with Crippen molar-refractivity contribution in [2.75, 3.05) is 32.1 Å². The molecule has 1 aromatic heterocycles. The minimum absolute atomic E-state index is 0.209. The van der Waals surface area contributed by atoms with E-state index in [2.05, 4.69) is 36.0 Å². The van der Waals surface area contributed by atoms with Gasteiger partial charge in [0, 0.05) is 43.5 Å². The Hall–Kier alpha value is -1.20. The van der Waals surface area contributed by atoms with Crippen LogP contribution in [-0.4, -0.2) is 49.2 Å². The fourth-order valence-corrected chi connectivity index (χ4v) is 2.42. The standard InChI is InChI=1S/C16H29FN4/c1-7-21(13(4)11-20(5)6)16-15(17)14(8-9-18-16)10-19-12(2)3/h8-9,12-13,19H,7,10-11H2,1-6H3. The van der Waals surface area contributed by atoms with Crippen molar-refractivity contribution in [2.24, 2.45) is 0 Å². The highest BCUT2D eigenvalue weighted by Crippen LogP contribution is 2.21. The first-order valence-electron chi connectivity index (χ1n) is 7.64. The number of pyridine rings is 1. The maximum absolute atomic E-state index is 14.7. The quantitative estimate of drug-likeness (QED) is 0.798. The molecular weight excluding hydrogens is 267 g/mol. The molecule has 21 heavy (non-hydrogen) atoms. The number of hydrogen-bond acceptors (Lipinski definition) is 4. The van der Waals surface area contributed by atoms with Crippen LogP contribution in [-0.2, 0) is 6.54 Å². The molecule has 0 aliphatic heterocycles. The van der Waals surface area contributed by atoms with Gasteiger partial charge in [-0.15, -0.1) is 0 Å². The summed E-state index contributed by atoms with van der Waals surface area (Å²) in [4.78, 5) is 8.40. The molecule has 1 unspecified atom stereocenters. The molecule has 0 amide bonds. The van der Waals surface area contributed by atoms with Gasteiger partial charge in [-0.2, -0.15) is 0 Å². The van der Waals surface area contributed by atoms with Crippen LogP contribution in [0.25, 0.3) is 0 Å². The lowest BCUT2D eigenvalue weighted by molar-refractivity contribution is 0.370. The molecule has 1 atom stereocenters. The third-order valence-corrected chi connectivity index (χ3v) is 3.43. The maximum Gasteiger partial charge on any atom is 0.170 e. The first-order valence-corrected chi connectivity index (χ1v) is 7.64. The molecule has 0 aliphatic rings. The van der Waals surface area contributed by atoms with Crippen LogP contribution in [0, 0.1) is 5.82 Å². The average molecular weight is 296 g/mol. The average Bonchev–Trinajstić information content (AvgIpc) is 2.39. The lowest BCUT2D eigenvalue weighted by Crippen LogP contribution is -2.41. The van der Waals surface area contributed by atoms with Crippen LogP contribution in [0.4, 0.5) is 10.2 Å². The highest BCUT2D eigenvalue weighted by molar-refractivity contribution is 5.44. The lowest BCUT2D eigenvalue weighted by Gasteiger charge is -2.31. The van der Waals surface area contributed by atoms with Crippen LogP contribution >= 0.6 is 0 Å². The number of likely N-dealkylation sites (N-methyl/N-ethyl adjacent to an activating group) is 2. The summed E-state index contributed by atoms with van der Waals surface area (Å²) in [6, 6.07) is 2.29. The summed E-state index contributed by atoms with van der Waals surface area (Å²) in [7, 11) is 4.05. The Morgan fingerprint density at radius 1 is 1.29 bits per heavy atom. The summed E-state index contributed by atoms with van der Waals surface area (Å²) in [6.45, 7) is 10.4. The van der Waals surface area contributed by atoms with E-state index >= 15 is 0 Å². The van der Waals surface area contributed by atoms with Crippen LogP contribution in [0.3, 0.4) is 0 Å². The van der Waals surface area contributed by atoms with Crippen molar-refractivity contribution >= 4 is 5.82 Å². The molecule has 1 heterocycles. The highest BCUT2D eigenvalue weighted by Gasteiger charge is 2.20.